The van der Waals surface area contributed by atoms with Gasteiger partial charge in [0.1, 0.15) is 0 Å². The van der Waals surface area contributed by atoms with E-state index < -0.39 is 18.0 Å². The molecule has 3 N–H and O–H groups in total. The highest BCUT2D eigenvalue weighted by atomic mass is 32.1. The second kappa shape index (κ2) is 6.90. The second-order valence-corrected chi connectivity index (χ2v) is 5.36. The number of hydrogen-bond acceptors (Lipinski definition) is 3. The number of carboxylic acid groups (broad SMARTS) is 1. The first-order chi connectivity index (χ1) is 10.1. The van der Waals surface area contributed by atoms with Crippen LogP contribution < -0.4 is 10.6 Å². The van der Waals surface area contributed by atoms with Crippen LogP contribution in [-0.4, -0.2) is 17.1 Å². The van der Waals surface area contributed by atoms with Gasteiger partial charge >= 0.3 is 12.0 Å². The number of benzene rings is 1. The van der Waals surface area contributed by atoms with E-state index in [2.05, 4.69) is 10.6 Å². The topological polar surface area (TPSA) is 78.4 Å². The zero-order valence-electron chi connectivity index (χ0n) is 11.4. The Labute approximate surface area is 126 Å². The first-order valence-electron chi connectivity index (χ1n) is 6.45. The molecule has 2 aromatic rings. The summed E-state index contributed by atoms with van der Waals surface area (Å²) in [6.45, 7) is 1.85. The molecule has 1 unspecified atom stereocenters. The van der Waals surface area contributed by atoms with Crippen molar-refractivity contribution in [3.63, 3.8) is 0 Å². The zero-order chi connectivity index (χ0) is 15.2. The quantitative estimate of drug-likeness (QED) is 0.794. The summed E-state index contributed by atoms with van der Waals surface area (Å²) in [6.07, 6.45) is 0. The van der Waals surface area contributed by atoms with E-state index in [0.717, 1.165) is 5.56 Å². The lowest BCUT2D eigenvalue weighted by Crippen LogP contribution is -2.41. The summed E-state index contributed by atoms with van der Waals surface area (Å²) in [6, 6.07) is 8.76. The van der Waals surface area contributed by atoms with Crippen LogP contribution in [-0.2, 0) is 4.79 Å². The Kier molecular flexibility index (Phi) is 4.94. The van der Waals surface area contributed by atoms with Crippen molar-refractivity contribution in [2.75, 3.05) is 0 Å². The van der Waals surface area contributed by atoms with E-state index in [1.165, 1.54) is 0 Å². The maximum atomic E-state index is 12.0. The average Bonchev–Trinajstić information content (AvgIpc) is 2.99. The van der Waals surface area contributed by atoms with Crippen molar-refractivity contribution in [1.29, 1.82) is 0 Å². The molecule has 0 saturated heterocycles. The van der Waals surface area contributed by atoms with Crippen LogP contribution in [0.15, 0.2) is 47.2 Å². The zero-order valence-corrected chi connectivity index (χ0v) is 12.3. The predicted molar refractivity (Wildman–Crippen MR) is 81.2 cm³/mol. The van der Waals surface area contributed by atoms with Gasteiger partial charge in [-0.15, -0.1) is 0 Å². The minimum Gasteiger partial charge on any atom is -0.479 e. The number of urea groups is 1. The highest BCUT2D eigenvalue weighted by Gasteiger charge is 2.22. The fraction of sp³-hybridized carbons (Fsp3) is 0.200. The Hall–Kier alpha value is -2.34. The summed E-state index contributed by atoms with van der Waals surface area (Å²) in [7, 11) is 0. The third-order valence-electron chi connectivity index (χ3n) is 3.05. The third kappa shape index (κ3) is 4.06. The lowest BCUT2D eigenvalue weighted by Gasteiger charge is -2.18. The summed E-state index contributed by atoms with van der Waals surface area (Å²) >= 11 is 1.54. The Morgan fingerprint density at radius 3 is 2.38 bits per heavy atom. The first-order valence-corrected chi connectivity index (χ1v) is 7.39. The minimum atomic E-state index is -1.10. The van der Waals surface area contributed by atoms with Crippen molar-refractivity contribution in [1.82, 2.24) is 10.6 Å². The Morgan fingerprint density at radius 1 is 1.10 bits per heavy atom. The van der Waals surface area contributed by atoms with Crippen LogP contribution in [0, 0.1) is 0 Å². The van der Waals surface area contributed by atoms with E-state index >= 15 is 0 Å². The SMILES string of the molecule is CC(NC(=O)N[C@H](C(=O)O)c1ccccc1)c1ccsc1. The summed E-state index contributed by atoms with van der Waals surface area (Å²) in [5.41, 5.74) is 1.52. The number of hydrogen-bond donors (Lipinski definition) is 3. The van der Waals surface area contributed by atoms with Gasteiger partial charge in [0.15, 0.2) is 6.04 Å². The van der Waals surface area contributed by atoms with Crippen LogP contribution in [0.5, 0.6) is 0 Å². The molecule has 2 rings (SSSR count). The Morgan fingerprint density at radius 2 is 1.81 bits per heavy atom. The molecule has 110 valence electrons. The first kappa shape index (κ1) is 15.1. The predicted octanol–water partition coefficient (Wildman–Crippen LogP) is 2.93. The molecule has 0 fully saturated rings. The van der Waals surface area contributed by atoms with Gasteiger partial charge < -0.3 is 15.7 Å². The maximum absolute atomic E-state index is 12.0. The lowest BCUT2D eigenvalue weighted by atomic mass is 10.1. The van der Waals surface area contributed by atoms with Gasteiger partial charge in [0.25, 0.3) is 0 Å². The van der Waals surface area contributed by atoms with Crippen molar-refractivity contribution >= 4 is 23.3 Å². The van der Waals surface area contributed by atoms with Gasteiger partial charge in [-0.3, -0.25) is 0 Å². The highest BCUT2D eigenvalue weighted by Crippen LogP contribution is 2.16. The van der Waals surface area contributed by atoms with Crippen molar-refractivity contribution in [3.8, 4) is 0 Å². The van der Waals surface area contributed by atoms with Crippen LogP contribution in [0.3, 0.4) is 0 Å². The molecular formula is C15H16N2O3S. The molecule has 2 atom stereocenters. The van der Waals surface area contributed by atoms with Crippen molar-refractivity contribution in [2.24, 2.45) is 0 Å². The molecule has 21 heavy (non-hydrogen) atoms. The largest absolute Gasteiger partial charge is 0.479 e. The molecule has 0 spiro atoms. The van der Waals surface area contributed by atoms with Crippen molar-refractivity contribution in [2.45, 2.75) is 19.0 Å². The van der Waals surface area contributed by atoms with E-state index in [1.807, 2.05) is 23.8 Å². The molecule has 0 aliphatic rings. The van der Waals surface area contributed by atoms with E-state index in [0.29, 0.717) is 5.56 Å². The van der Waals surface area contributed by atoms with E-state index in [-0.39, 0.29) is 6.04 Å². The molecule has 0 bridgehead atoms. The van der Waals surface area contributed by atoms with Gasteiger partial charge in [-0.1, -0.05) is 30.3 Å². The van der Waals surface area contributed by atoms with Crippen LogP contribution in [0.2, 0.25) is 0 Å². The fourth-order valence-electron chi connectivity index (χ4n) is 1.91. The molecule has 0 aliphatic heterocycles. The molecular weight excluding hydrogens is 288 g/mol. The molecule has 1 aromatic heterocycles. The van der Waals surface area contributed by atoms with Gasteiger partial charge in [-0.25, -0.2) is 9.59 Å². The maximum Gasteiger partial charge on any atom is 0.330 e. The van der Waals surface area contributed by atoms with Crippen LogP contribution in [0.25, 0.3) is 0 Å². The molecule has 0 saturated carbocycles. The van der Waals surface area contributed by atoms with Gasteiger partial charge in [0.05, 0.1) is 6.04 Å². The molecule has 0 aliphatic carbocycles. The van der Waals surface area contributed by atoms with E-state index in [4.69, 9.17) is 0 Å². The Balaban J connectivity index is 2.01. The molecule has 5 nitrogen and oxygen atoms in total. The smallest absolute Gasteiger partial charge is 0.330 e. The monoisotopic (exact) mass is 304 g/mol. The number of aliphatic carboxylic acids is 1. The number of rotatable bonds is 5. The van der Waals surface area contributed by atoms with Gasteiger partial charge in [0.2, 0.25) is 0 Å². The van der Waals surface area contributed by atoms with E-state index in [9.17, 15) is 14.7 Å². The number of nitrogens with one attached hydrogen (secondary N) is 2. The summed E-state index contributed by atoms with van der Waals surface area (Å²) < 4.78 is 0. The molecule has 1 aromatic carbocycles. The van der Waals surface area contributed by atoms with Gasteiger partial charge in [0, 0.05) is 0 Å². The molecule has 0 radical (unpaired) electrons. The van der Waals surface area contributed by atoms with Crippen molar-refractivity contribution < 1.29 is 14.7 Å². The molecule has 2 amide bonds. The standard InChI is InChI=1S/C15H16N2O3S/c1-10(12-7-8-21-9-12)16-15(20)17-13(14(18)19)11-5-3-2-4-6-11/h2-10,13H,1H3,(H,18,19)(H2,16,17,20)/t10?,13-/m0/s1. The second-order valence-electron chi connectivity index (χ2n) is 4.58. The highest BCUT2D eigenvalue weighted by molar-refractivity contribution is 7.07. The van der Waals surface area contributed by atoms with Crippen molar-refractivity contribution in [3.05, 3.63) is 58.3 Å². The van der Waals surface area contributed by atoms with Gasteiger partial charge in [-0.2, -0.15) is 11.3 Å². The lowest BCUT2D eigenvalue weighted by molar-refractivity contribution is -0.139. The number of carboxylic acids is 1. The normalized spacial score (nSPS) is 13.2. The molecule has 1 heterocycles. The fourth-order valence-corrected chi connectivity index (χ4v) is 2.66. The van der Waals surface area contributed by atoms with Crippen LogP contribution in [0.4, 0.5) is 4.79 Å². The number of carbonyl (C=O) groups is 2. The van der Waals surface area contributed by atoms with Crippen LogP contribution >= 0.6 is 11.3 Å². The van der Waals surface area contributed by atoms with E-state index in [1.54, 1.807) is 41.7 Å². The summed E-state index contributed by atoms with van der Waals surface area (Å²) in [4.78, 5) is 23.3. The average molecular weight is 304 g/mol. The minimum absolute atomic E-state index is 0.179. The summed E-state index contributed by atoms with van der Waals surface area (Å²) in [5.74, 6) is -1.10. The summed E-state index contributed by atoms with van der Waals surface area (Å²) in [5, 5.41) is 18.3. The van der Waals surface area contributed by atoms with Crippen LogP contribution in [0.1, 0.15) is 30.1 Å². The third-order valence-corrected chi connectivity index (χ3v) is 3.75. The Bertz CT molecular complexity index is 599. The number of amides is 2. The van der Waals surface area contributed by atoms with Gasteiger partial charge in [-0.05, 0) is 34.9 Å². The number of carbonyl (C=O) groups excluding carboxylic acids is 1. The number of thiophene rings is 1. The molecule has 6 heteroatoms.